The Balaban J connectivity index is 2.33. The van der Waals surface area contributed by atoms with Crippen LogP contribution >= 0.6 is 11.8 Å². The summed E-state index contributed by atoms with van der Waals surface area (Å²) >= 11 is 1.64. The average Bonchev–Trinajstić information content (AvgIpc) is 2.54. The van der Waals surface area contributed by atoms with E-state index in [0.29, 0.717) is 12.2 Å². The number of anilines is 1. The lowest BCUT2D eigenvalue weighted by molar-refractivity contribution is -0.384. The van der Waals surface area contributed by atoms with Crippen LogP contribution in [0.15, 0.2) is 52.3 Å². The minimum absolute atomic E-state index is 0.0596. The fourth-order valence-corrected chi connectivity index (χ4v) is 3.34. The second-order valence-corrected chi connectivity index (χ2v) is 8.28. The molecule has 0 aliphatic heterocycles. The monoisotopic (exact) mass is 366 g/mol. The molecule has 0 aliphatic rings. The molecular weight excluding hydrogens is 348 g/mol. The highest BCUT2D eigenvalue weighted by molar-refractivity contribution is 7.98. The van der Waals surface area contributed by atoms with Crippen LogP contribution in [0.4, 0.5) is 11.4 Å². The summed E-state index contributed by atoms with van der Waals surface area (Å²) in [4.78, 5) is 13.6. The molecular formula is C16H18N2O4S2. The molecule has 0 amide bonds. The van der Waals surface area contributed by atoms with Gasteiger partial charge in [-0.3, -0.25) is 10.1 Å². The second-order valence-electron chi connectivity index (χ2n) is 5.38. The lowest BCUT2D eigenvalue weighted by Crippen LogP contribution is -2.18. The zero-order chi connectivity index (χ0) is 17.9. The normalized spacial score (nSPS) is 11.3. The first-order valence-corrected chi connectivity index (χ1v) is 10.2. The van der Waals surface area contributed by atoms with E-state index in [2.05, 4.69) is 0 Å². The predicted molar refractivity (Wildman–Crippen MR) is 96.5 cm³/mol. The van der Waals surface area contributed by atoms with Crippen LogP contribution < -0.4 is 4.90 Å². The van der Waals surface area contributed by atoms with Crippen molar-refractivity contribution in [3.05, 3.63) is 58.1 Å². The Bertz CT molecular complexity index is 849. The summed E-state index contributed by atoms with van der Waals surface area (Å²) in [6, 6.07) is 11.9. The molecule has 0 aromatic heterocycles. The fourth-order valence-electron chi connectivity index (χ4n) is 2.29. The van der Waals surface area contributed by atoms with Gasteiger partial charge in [-0.1, -0.05) is 12.1 Å². The van der Waals surface area contributed by atoms with Gasteiger partial charge in [-0.05, 0) is 36.1 Å². The second kappa shape index (κ2) is 7.23. The van der Waals surface area contributed by atoms with Crippen molar-refractivity contribution in [1.82, 2.24) is 0 Å². The smallest absolute Gasteiger partial charge is 0.293 e. The first kappa shape index (κ1) is 18.3. The molecule has 0 saturated heterocycles. The molecule has 0 saturated carbocycles. The Morgan fingerprint density at radius 1 is 1.17 bits per heavy atom. The number of nitrogens with zero attached hydrogens (tertiary/aromatic N) is 2. The molecule has 8 heteroatoms. The minimum Gasteiger partial charge on any atom is -0.365 e. The Labute approximate surface area is 145 Å². The highest BCUT2D eigenvalue weighted by Crippen LogP contribution is 2.31. The lowest BCUT2D eigenvalue weighted by Gasteiger charge is -2.19. The molecule has 0 bridgehead atoms. The van der Waals surface area contributed by atoms with E-state index in [9.17, 15) is 18.5 Å². The standard InChI is InChI=1S/C16H18N2O4S2/c1-17(11-12-4-6-13(23-2)7-5-12)15-9-8-14(24(3,21)22)10-16(15)18(19)20/h4-10H,11H2,1-3H3. The van der Waals surface area contributed by atoms with Gasteiger partial charge in [-0.2, -0.15) is 0 Å². The Hall–Kier alpha value is -2.06. The van der Waals surface area contributed by atoms with Crippen LogP contribution in [0.2, 0.25) is 0 Å². The molecule has 0 radical (unpaired) electrons. The Morgan fingerprint density at radius 3 is 2.29 bits per heavy atom. The van der Waals surface area contributed by atoms with Crippen LogP contribution in [0.25, 0.3) is 0 Å². The maximum atomic E-state index is 11.6. The number of nitro groups is 1. The van der Waals surface area contributed by atoms with Gasteiger partial charge < -0.3 is 4.90 Å². The summed E-state index contributed by atoms with van der Waals surface area (Å²) in [5, 5.41) is 11.3. The fraction of sp³-hybridized carbons (Fsp3) is 0.250. The van der Waals surface area contributed by atoms with Crippen molar-refractivity contribution >= 4 is 33.0 Å². The van der Waals surface area contributed by atoms with E-state index in [1.54, 1.807) is 23.7 Å². The largest absolute Gasteiger partial charge is 0.365 e. The molecule has 24 heavy (non-hydrogen) atoms. The van der Waals surface area contributed by atoms with Gasteiger partial charge >= 0.3 is 0 Å². The number of thioether (sulfide) groups is 1. The van der Waals surface area contributed by atoms with E-state index in [-0.39, 0.29) is 10.6 Å². The van der Waals surface area contributed by atoms with Crippen molar-refractivity contribution in [2.45, 2.75) is 16.3 Å². The third kappa shape index (κ3) is 4.27. The average molecular weight is 366 g/mol. The van der Waals surface area contributed by atoms with Gasteiger partial charge in [-0.15, -0.1) is 11.8 Å². The highest BCUT2D eigenvalue weighted by atomic mass is 32.2. The quantitative estimate of drug-likeness (QED) is 0.443. The summed E-state index contributed by atoms with van der Waals surface area (Å²) < 4.78 is 23.2. The molecule has 2 aromatic rings. The van der Waals surface area contributed by atoms with Gasteiger partial charge in [0.25, 0.3) is 5.69 Å². The molecule has 0 atom stereocenters. The molecule has 0 aliphatic carbocycles. The van der Waals surface area contributed by atoms with Crippen LogP contribution in [0.1, 0.15) is 5.56 Å². The Morgan fingerprint density at radius 2 is 1.79 bits per heavy atom. The number of hydrogen-bond donors (Lipinski definition) is 0. The molecule has 0 spiro atoms. The van der Waals surface area contributed by atoms with Crippen molar-refractivity contribution in [3.8, 4) is 0 Å². The van der Waals surface area contributed by atoms with Crippen molar-refractivity contribution in [2.75, 3.05) is 24.5 Å². The van der Waals surface area contributed by atoms with E-state index in [0.717, 1.165) is 22.8 Å². The number of hydrogen-bond acceptors (Lipinski definition) is 6. The maximum absolute atomic E-state index is 11.6. The highest BCUT2D eigenvalue weighted by Gasteiger charge is 2.21. The number of sulfone groups is 1. The number of rotatable bonds is 6. The molecule has 128 valence electrons. The number of nitro benzene ring substituents is 1. The van der Waals surface area contributed by atoms with Gasteiger partial charge in [0.15, 0.2) is 9.84 Å². The first-order chi connectivity index (χ1) is 11.2. The van der Waals surface area contributed by atoms with Gasteiger partial charge in [0.2, 0.25) is 0 Å². The van der Waals surface area contributed by atoms with Crippen molar-refractivity contribution in [2.24, 2.45) is 0 Å². The van der Waals surface area contributed by atoms with Gasteiger partial charge in [0.05, 0.1) is 9.82 Å². The maximum Gasteiger partial charge on any atom is 0.293 e. The van der Waals surface area contributed by atoms with E-state index >= 15 is 0 Å². The molecule has 0 heterocycles. The summed E-state index contributed by atoms with van der Waals surface area (Å²) in [6.07, 6.45) is 3.02. The van der Waals surface area contributed by atoms with Gasteiger partial charge in [-0.25, -0.2) is 8.42 Å². The molecule has 0 N–H and O–H groups in total. The van der Waals surface area contributed by atoms with Crippen LogP contribution in [0, 0.1) is 10.1 Å². The SMILES string of the molecule is CSc1ccc(CN(C)c2ccc(S(C)(=O)=O)cc2[N+](=O)[O-])cc1. The third-order valence-corrected chi connectivity index (χ3v) is 5.42. The molecule has 2 rings (SSSR count). The molecule has 2 aromatic carbocycles. The minimum atomic E-state index is -3.49. The zero-order valence-electron chi connectivity index (χ0n) is 13.6. The van der Waals surface area contributed by atoms with Crippen LogP contribution in [0.3, 0.4) is 0 Å². The topological polar surface area (TPSA) is 80.5 Å². The molecule has 6 nitrogen and oxygen atoms in total. The lowest BCUT2D eigenvalue weighted by atomic mass is 10.2. The molecule has 0 fully saturated rings. The third-order valence-electron chi connectivity index (χ3n) is 3.56. The first-order valence-electron chi connectivity index (χ1n) is 7.05. The summed E-state index contributed by atoms with van der Waals surface area (Å²) in [7, 11) is -1.75. The number of benzene rings is 2. The van der Waals surface area contributed by atoms with E-state index in [1.165, 1.54) is 12.1 Å². The molecule has 0 unspecified atom stereocenters. The van der Waals surface area contributed by atoms with Crippen LogP contribution in [0.5, 0.6) is 0 Å². The summed E-state index contributed by atoms with van der Waals surface area (Å²) in [5.41, 5.74) is 1.17. The van der Waals surface area contributed by atoms with Gasteiger partial charge in [0, 0.05) is 30.8 Å². The Kier molecular flexibility index (Phi) is 5.51. The zero-order valence-corrected chi connectivity index (χ0v) is 15.2. The van der Waals surface area contributed by atoms with Gasteiger partial charge in [0.1, 0.15) is 5.69 Å². The summed E-state index contributed by atoms with van der Waals surface area (Å²) in [6.45, 7) is 0.480. The van der Waals surface area contributed by atoms with E-state index in [4.69, 9.17) is 0 Å². The van der Waals surface area contributed by atoms with Crippen molar-refractivity contribution < 1.29 is 13.3 Å². The van der Waals surface area contributed by atoms with Crippen LogP contribution in [-0.4, -0.2) is 32.9 Å². The van der Waals surface area contributed by atoms with Crippen LogP contribution in [-0.2, 0) is 16.4 Å². The van der Waals surface area contributed by atoms with E-state index < -0.39 is 14.8 Å². The predicted octanol–water partition coefficient (Wildman–Crippen LogP) is 3.36. The van der Waals surface area contributed by atoms with E-state index in [1.807, 2.05) is 30.5 Å². The van der Waals surface area contributed by atoms with Crippen molar-refractivity contribution in [1.29, 1.82) is 0 Å². The van der Waals surface area contributed by atoms with Crippen molar-refractivity contribution in [3.63, 3.8) is 0 Å². The summed E-state index contributed by atoms with van der Waals surface area (Å²) in [5.74, 6) is 0.